The molecule has 1 aromatic carbocycles. The van der Waals surface area contributed by atoms with Gasteiger partial charge in [-0.3, -0.25) is 4.79 Å². The molecule has 108 valence electrons. The molecule has 1 amide bonds. The number of nitrogens with zero attached hydrogens (tertiary/aromatic N) is 1. The summed E-state index contributed by atoms with van der Waals surface area (Å²) in [4.78, 5) is 26.0. The van der Waals surface area contributed by atoms with Crippen LogP contribution in [0.15, 0.2) is 42.6 Å². The van der Waals surface area contributed by atoms with Crippen LogP contribution in [0.3, 0.4) is 0 Å². The fraction of sp³-hybridized carbons (Fsp3) is 0.0714. The average Bonchev–Trinajstić information content (AvgIpc) is 2.47. The molecule has 0 aliphatic carbocycles. The second-order valence-corrected chi connectivity index (χ2v) is 4.03. The summed E-state index contributed by atoms with van der Waals surface area (Å²) in [5.41, 5.74) is 0.717. The molecule has 0 atom stereocenters. The number of ether oxygens (including phenoxy) is 1. The summed E-state index contributed by atoms with van der Waals surface area (Å²) in [7, 11) is 0. The molecule has 21 heavy (non-hydrogen) atoms. The molecule has 0 bridgehead atoms. The standard InChI is InChI=1S/C14H11FN2O4/c15-10-3-1-9(2-4-10)14(20)17-11-5-6-12(16-7-11)21-8-13(18)19/h1-7H,8H2,(H,17,20)(H,18,19). The fourth-order valence-corrected chi connectivity index (χ4v) is 1.48. The van der Waals surface area contributed by atoms with Gasteiger partial charge in [-0.1, -0.05) is 0 Å². The van der Waals surface area contributed by atoms with Gasteiger partial charge in [-0.25, -0.2) is 14.2 Å². The minimum absolute atomic E-state index is 0.136. The van der Waals surface area contributed by atoms with Gasteiger partial charge in [0.05, 0.1) is 11.9 Å². The third-order valence-corrected chi connectivity index (χ3v) is 2.44. The molecule has 0 spiro atoms. The van der Waals surface area contributed by atoms with E-state index in [0.717, 1.165) is 0 Å². The zero-order valence-electron chi connectivity index (χ0n) is 10.7. The van der Waals surface area contributed by atoms with Gasteiger partial charge in [-0.05, 0) is 30.3 Å². The predicted molar refractivity (Wildman–Crippen MR) is 71.7 cm³/mol. The van der Waals surface area contributed by atoms with Crippen molar-refractivity contribution >= 4 is 17.6 Å². The number of hydrogen-bond acceptors (Lipinski definition) is 4. The van der Waals surface area contributed by atoms with Gasteiger partial charge in [0.2, 0.25) is 5.88 Å². The van der Waals surface area contributed by atoms with Crippen molar-refractivity contribution in [2.24, 2.45) is 0 Å². The third kappa shape index (κ3) is 4.27. The number of carboxylic acid groups (broad SMARTS) is 1. The molecular weight excluding hydrogens is 279 g/mol. The van der Waals surface area contributed by atoms with E-state index in [1.165, 1.54) is 42.6 Å². The van der Waals surface area contributed by atoms with Crippen LogP contribution >= 0.6 is 0 Å². The molecule has 2 rings (SSSR count). The van der Waals surface area contributed by atoms with E-state index >= 15 is 0 Å². The Balaban J connectivity index is 1.98. The van der Waals surface area contributed by atoms with Crippen LogP contribution in [0.25, 0.3) is 0 Å². The SMILES string of the molecule is O=C(O)COc1ccc(NC(=O)c2ccc(F)cc2)cn1. The highest BCUT2D eigenvalue weighted by Gasteiger charge is 2.07. The molecule has 0 aliphatic rings. The van der Waals surface area contributed by atoms with Crippen molar-refractivity contribution in [2.75, 3.05) is 11.9 Å². The summed E-state index contributed by atoms with van der Waals surface area (Å²) in [5.74, 6) is -1.80. The maximum absolute atomic E-state index is 12.8. The summed E-state index contributed by atoms with van der Waals surface area (Å²) < 4.78 is 17.6. The number of hydrogen-bond donors (Lipinski definition) is 2. The van der Waals surface area contributed by atoms with E-state index in [0.29, 0.717) is 11.3 Å². The Morgan fingerprint density at radius 2 is 1.90 bits per heavy atom. The number of nitrogens with one attached hydrogen (secondary N) is 1. The normalized spacial score (nSPS) is 9.95. The molecule has 7 heteroatoms. The van der Waals surface area contributed by atoms with Gasteiger partial charge in [0, 0.05) is 11.6 Å². The largest absolute Gasteiger partial charge is 0.479 e. The summed E-state index contributed by atoms with van der Waals surface area (Å²) in [5, 5.41) is 11.0. The van der Waals surface area contributed by atoms with Crippen LogP contribution in [0, 0.1) is 5.82 Å². The first-order valence-corrected chi connectivity index (χ1v) is 5.92. The Labute approximate surface area is 119 Å². The number of halogens is 1. The van der Waals surface area contributed by atoms with Crippen LogP contribution in [0.2, 0.25) is 0 Å². The number of carboxylic acids is 1. The maximum Gasteiger partial charge on any atom is 0.341 e. The van der Waals surface area contributed by atoms with E-state index in [2.05, 4.69) is 10.3 Å². The number of benzene rings is 1. The molecule has 2 N–H and O–H groups in total. The van der Waals surface area contributed by atoms with Crippen LogP contribution in [0.1, 0.15) is 10.4 Å². The first-order chi connectivity index (χ1) is 10.0. The number of carbonyl (C=O) groups is 2. The molecule has 2 aromatic rings. The van der Waals surface area contributed by atoms with Crippen molar-refractivity contribution in [2.45, 2.75) is 0 Å². The highest BCUT2D eigenvalue weighted by Crippen LogP contribution is 2.13. The van der Waals surface area contributed by atoms with E-state index in [4.69, 9.17) is 9.84 Å². The van der Waals surface area contributed by atoms with E-state index < -0.39 is 24.3 Å². The third-order valence-electron chi connectivity index (χ3n) is 2.44. The second-order valence-electron chi connectivity index (χ2n) is 4.03. The monoisotopic (exact) mass is 290 g/mol. The van der Waals surface area contributed by atoms with Gasteiger partial charge in [0.15, 0.2) is 6.61 Å². The molecule has 0 unspecified atom stereocenters. The quantitative estimate of drug-likeness (QED) is 0.878. The number of aromatic nitrogens is 1. The van der Waals surface area contributed by atoms with Crippen molar-refractivity contribution in [3.63, 3.8) is 0 Å². The van der Waals surface area contributed by atoms with Gasteiger partial charge >= 0.3 is 5.97 Å². The second kappa shape index (κ2) is 6.47. The van der Waals surface area contributed by atoms with E-state index in [1.54, 1.807) is 0 Å². The highest BCUT2D eigenvalue weighted by molar-refractivity contribution is 6.04. The van der Waals surface area contributed by atoms with Gasteiger partial charge < -0.3 is 15.2 Å². The highest BCUT2D eigenvalue weighted by atomic mass is 19.1. The Kier molecular flexibility index (Phi) is 4.45. The van der Waals surface area contributed by atoms with Gasteiger partial charge in [0.25, 0.3) is 5.91 Å². The topological polar surface area (TPSA) is 88.5 Å². The maximum atomic E-state index is 12.8. The predicted octanol–water partition coefficient (Wildman–Crippen LogP) is 1.94. The average molecular weight is 290 g/mol. The van der Waals surface area contributed by atoms with E-state index in [9.17, 15) is 14.0 Å². The lowest BCUT2D eigenvalue weighted by Crippen LogP contribution is -2.12. The van der Waals surface area contributed by atoms with Gasteiger partial charge in [0.1, 0.15) is 5.82 Å². The molecule has 1 heterocycles. The zero-order valence-corrected chi connectivity index (χ0v) is 10.7. The number of amides is 1. The minimum Gasteiger partial charge on any atom is -0.479 e. The molecule has 0 aliphatic heterocycles. The molecule has 0 saturated carbocycles. The Hall–Kier alpha value is -2.96. The minimum atomic E-state index is -1.11. The molecule has 0 radical (unpaired) electrons. The number of aliphatic carboxylic acids is 1. The molecule has 0 fully saturated rings. The van der Waals surface area contributed by atoms with Crippen LogP contribution in [-0.4, -0.2) is 28.6 Å². The Morgan fingerprint density at radius 3 is 2.48 bits per heavy atom. The fourth-order valence-electron chi connectivity index (χ4n) is 1.48. The van der Waals surface area contributed by atoms with Crippen molar-refractivity contribution in [3.8, 4) is 5.88 Å². The van der Waals surface area contributed by atoms with Crippen LogP contribution in [0.4, 0.5) is 10.1 Å². The van der Waals surface area contributed by atoms with E-state index in [-0.39, 0.29) is 5.88 Å². The van der Waals surface area contributed by atoms with Crippen molar-refractivity contribution in [1.29, 1.82) is 0 Å². The van der Waals surface area contributed by atoms with Crippen LogP contribution < -0.4 is 10.1 Å². The molecule has 1 aromatic heterocycles. The lowest BCUT2D eigenvalue weighted by Gasteiger charge is -2.06. The lowest BCUT2D eigenvalue weighted by atomic mass is 10.2. The number of anilines is 1. The number of pyridine rings is 1. The van der Waals surface area contributed by atoms with Crippen molar-refractivity contribution in [3.05, 3.63) is 54.0 Å². The lowest BCUT2D eigenvalue weighted by molar-refractivity contribution is -0.139. The number of rotatable bonds is 5. The first-order valence-electron chi connectivity index (χ1n) is 5.92. The Bertz CT molecular complexity index is 641. The van der Waals surface area contributed by atoms with Gasteiger partial charge in [-0.2, -0.15) is 0 Å². The molecule has 0 saturated heterocycles. The first kappa shape index (κ1) is 14.4. The smallest absolute Gasteiger partial charge is 0.341 e. The summed E-state index contributed by atoms with van der Waals surface area (Å²) in [6, 6.07) is 8.06. The summed E-state index contributed by atoms with van der Waals surface area (Å²) in [6.07, 6.45) is 1.33. The molecular formula is C14H11FN2O4. The Morgan fingerprint density at radius 1 is 1.19 bits per heavy atom. The number of carbonyl (C=O) groups excluding carboxylic acids is 1. The van der Waals surface area contributed by atoms with Crippen molar-refractivity contribution in [1.82, 2.24) is 4.98 Å². The summed E-state index contributed by atoms with van der Waals surface area (Å²) >= 11 is 0. The van der Waals surface area contributed by atoms with Crippen LogP contribution in [-0.2, 0) is 4.79 Å². The summed E-state index contributed by atoms with van der Waals surface area (Å²) in [6.45, 7) is -0.492. The van der Waals surface area contributed by atoms with Gasteiger partial charge in [-0.15, -0.1) is 0 Å². The van der Waals surface area contributed by atoms with E-state index in [1.807, 2.05) is 0 Å². The van der Waals surface area contributed by atoms with Crippen LogP contribution in [0.5, 0.6) is 5.88 Å². The van der Waals surface area contributed by atoms with Crippen molar-refractivity contribution < 1.29 is 23.8 Å². The zero-order chi connectivity index (χ0) is 15.2. The molecule has 6 nitrogen and oxygen atoms in total.